The molecule has 0 radical (unpaired) electrons. The SMILES string of the molecule is O=C(O)c1cccc(Nc2c([N+](=O)[O-])cc(C(=O)N3c4ccccc4Sc4ccccc43)cc2[N+](=O)[O-])c1. The van der Waals surface area contributed by atoms with E-state index in [2.05, 4.69) is 5.32 Å². The zero-order chi connectivity index (χ0) is 27.0. The van der Waals surface area contributed by atoms with Crippen LogP contribution in [0.3, 0.4) is 0 Å². The zero-order valence-electron chi connectivity index (χ0n) is 19.2. The largest absolute Gasteiger partial charge is 0.478 e. The Kier molecular flexibility index (Phi) is 6.23. The third-order valence-electron chi connectivity index (χ3n) is 5.75. The third kappa shape index (κ3) is 4.40. The molecule has 12 heteroatoms. The van der Waals surface area contributed by atoms with E-state index in [0.29, 0.717) is 11.4 Å². The maximum absolute atomic E-state index is 13.8. The minimum absolute atomic E-state index is 0.0890. The van der Waals surface area contributed by atoms with Gasteiger partial charge in [0, 0.05) is 27.6 Å². The number of nitro benzene ring substituents is 2. The zero-order valence-corrected chi connectivity index (χ0v) is 20.0. The van der Waals surface area contributed by atoms with E-state index < -0.39 is 38.8 Å². The Hall–Kier alpha value is -5.23. The Labute approximate surface area is 218 Å². The average Bonchev–Trinajstić information content (AvgIpc) is 2.91. The molecule has 0 atom stereocenters. The molecule has 0 saturated heterocycles. The van der Waals surface area contributed by atoms with Crippen molar-refractivity contribution >= 4 is 57.8 Å². The molecule has 11 nitrogen and oxygen atoms in total. The summed E-state index contributed by atoms with van der Waals surface area (Å²) in [5.74, 6) is -1.92. The molecule has 4 aromatic carbocycles. The van der Waals surface area contributed by atoms with Crippen LogP contribution in [0.2, 0.25) is 0 Å². The van der Waals surface area contributed by atoms with Crippen LogP contribution in [0.1, 0.15) is 20.7 Å². The summed E-state index contributed by atoms with van der Waals surface area (Å²) in [7, 11) is 0. The van der Waals surface area contributed by atoms with Crippen LogP contribution in [0.4, 0.5) is 34.1 Å². The number of aromatic carboxylic acids is 1. The van der Waals surface area contributed by atoms with E-state index in [1.165, 1.54) is 40.9 Å². The van der Waals surface area contributed by atoms with Gasteiger partial charge in [-0.15, -0.1) is 0 Å². The summed E-state index contributed by atoms with van der Waals surface area (Å²) in [6, 6.07) is 21.5. The second-order valence-electron chi connectivity index (χ2n) is 8.09. The summed E-state index contributed by atoms with van der Waals surface area (Å²) in [6.45, 7) is 0. The number of anilines is 4. The summed E-state index contributed by atoms with van der Waals surface area (Å²) in [5, 5.41) is 35.9. The van der Waals surface area contributed by atoms with Crippen molar-refractivity contribution in [3.63, 3.8) is 0 Å². The van der Waals surface area contributed by atoms with Crippen molar-refractivity contribution in [3.8, 4) is 0 Å². The van der Waals surface area contributed by atoms with Gasteiger partial charge in [-0.1, -0.05) is 42.1 Å². The van der Waals surface area contributed by atoms with Gasteiger partial charge < -0.3 is 10.4 Å². The van der Waals surface area contributed by atoms with Gasteiger partial charge in [0.15, 0.2) is 5.69 Å². The van der Waals surface area contributed by atoms with E-state index in [4.69, 9.17) is 0 Å². The smallest absolute Gasteiger partial charge is 0.335 e. The lowest BCUT2D eigenvalue weighted by Gasteiger charge is -2.31. The molecule has 0 unspecified atom stereocenters. The lowest BCUT2D eigenvalue weighted by atomic mass is 10.1. The summed E-state index contributed by atoms with van der Waals surface area (Å²) >= 11 is 1.46. The van der Waals surface area contributed by atoms with Gasteiger partial charge >= 0.3 is 17.3 Å². The maximum atomic E-state index is 13.8. The molecule has 1 aliphatic heterocycles. The molecule has 1 heterocycles. The molecule has 2 N–H and O–H groups in total. The Morgan fingerprint density at radius 2 is 1.32 bits per heavy atom. The molecule has 5 rings (SSSR count). The lowest BCUT2D eigenvalue weighted by molar-refractivity contribution is -0.392. The Bertz CT molecular complexity index is 1580. The van der Waals surface area contributed by atoms with Crippen LogP contribution in [-0.4, -0.2) is 26.8 Å². The fourth-order valence-electron chi connectivity index (χ4n) is 4.08. The minimum atomic E-state index is -1.24. The van der Waals surface area contributed by atoms with Crippen molar-refractivity contribution in [2.24, 2.45) is 0 Å². The van der Waals surface area contributed by atoms with Gasteiger partial charge in [0.05, 0.1) is 32.3 Å². The van der Waals surface area contributed by atoms with Gasteiger partial charge in [-0.05, 0) is 42.5 Å². The molecule has 0 saturated carbocycles. The summed E-state index contributed by atoms with van der Waals surface area (Å²) in [5.41, 5.74) is -1.11. The third-order valence-corrected chi connectivity index (χ3v) is 6.88. The van der Waals surface area contributed by atoms with Crippen molar-refractivity contribution in [1.82, 2.24) is 0 Å². The topological polar surface area (TPSA) is 156 Å². The Morgan fingerprint density at radius 1 is 0.763 bits per heavy atom. The molecule has 4 aromatic rings. The first kappa shape index (κ1) is 24.5. The second-order valence-corrected chi connectivity index (χ2v) is 9.18. The Balaban J connectivity index is 1.65. The number of amides is 1. The minimum Gasteiger partial charge on any atom is -0.478 e. The summed E-state index contributed by atoms with van der Waals surface area (Å²) in [6.07, 6.45) is 0. The van der Waals surface area contributed by atoms with E-state index in [-0.39, 0.29) is 16.8 Å². The predicted octanol–water partition coefficient (Wildman–Crippen LogP) is 6.39. The van der Waals surface area contributed by atoms with Crippen LogP contribution in [-0.2, 0) is 0 Å². The Morgan fingerprint density at radius 3 is 1.84 bits per heavy atom. The number of benzene rings is 4. The van der Waals surface area contributed by atoms with Crippen LogP contribution in [0.5, 0.6) is 0 Å². The number of fused-ring (bicyclic) bond motifs is 2. The van der Waals surface area contributed by atoms with Crippen molar-refractivity contribution in [3.05, 3.63) is 116 Å². The number of carbonyl (C=O) groups is 2. The van der Waals surface area contributed by atoms with Crippen LogP contribution >= 0.6 is 11.8 Å². The highest BCUT2D eigenvalue weighted by molar-refractivity contribution is 7.99. The van der Waals surface area contributed by atoms with Gasteiger partial charge in [-0.2, -0.15) is 0 Å². The molecule has 1 aliphatic rings. The van der Waals surface area contributed by atoms with Crippen LogP contribution < -0.4 is 10.2 Å². The van der Waals surface area contributed by atoms with E-state index in [1.54, 1.807) is 24.3 Å². The fraction of sp³-hybridized carbons (Fsp3) is 0. The highest BCUT2D eigenvalue weighted by Crippen LogP contribution is 2.49. The van der Waals surface area contributed by atoms with Gasteiger partial charge in [0.25, 0.3) is 5.91 Å². The molecule has 0 spiro atoms. The number of para-hydroxylation sites is 2. The molecule has 38 heavy (non-hydrogen) atoms. The maximum Gasteiger partial charge on any atom is 0.335 e. The van der Waals surface area contributed by atoms with Crippen LogP contribution in [0.15, 0.2) is 94.7 Å². The van der Waals surface area contributed by atoms with Gasteiger partial charge in [0.1, 0.15) is 0 Å². The normalized spacial score (nSPS) is 11.7. The van der Waals surface area contributed by atoms with E-state index in [9.17, 15) is 34.9 Å². The van der Waals surface area contributed by atoms with E-state index >= 15 is 0 Å². The molecular weight excluding hydrogens is 512 g/mol. The van der Waals surface area contributed by atoms with Crippen LogP contribution in [0, 0.1) is 20.2 Å². The lowest BCUT2D eigenvalue weighted by Crippen LogP contribution is -2.28. The number of carboxylic acid groups (broad SMARTS) is 1. The van der Waals surface area contributed by atoms with Crippen molar-refractivity contribution in [2.45, 2.75) is 9.79 Å². The number of carboxylic acids is 1. The first-order valence-corrected chi connectivity index (χ1v) is 11.8. The van der Waals surface area contributed by atoms with Gasteiger partial charge in [-0.3, -0.25) is 29.9 Å². The molecule has 0 fully saturated rings. The van der Waals surface area contributed by atoms with Crippen molar-refractivity contribution < 1.29 is 24.5 Å². The average molecular weight is 529 g/mol. The number of rotatable bonds is 6. The quantitative estimate of drug-likeness (QED) is 0.214. The standard InChI is InChI=1S/C26H16N4O7S/c31-25(28-18-8-1-3-10-22(18)38-23-11-4-2-9-19(23)28)16-13-20(29(34)35)24(21(14-16)30(36)37)27-17-7-5-6-15(12-17)26(32)33/h1-14,27H,(H,32,33). The number of nitro groups is 2. The molecule has 0 aromatic heterocycles. The summed E-state index contributed by atoms with van der Waals surface area (Å²) in [4.78, 5) is 50.5. The van der Waals surface area contributed by atoms with Crippen LogP contribution in [0.25, 0.3) is 0 Å². The molecule has 0 aliphatic carbocycles. The highest BCUT2D eigenvalue weighted by Gasteiger charge is 2.33. The molecule has 0 bridgehead atoms. The monoisotopic (exact) mass is 528 g/mol. The van der Waals surface area contributed by atoms with Gasteiger partial charge in [0.2, 0.25) is 0 Å². The molecule has 188 valence electrons. The van der Waals surface area contributed by atoms with Gasteiger partial charge in [-0.25, -0.2) is 4.79 Å². The number of nitrogens with zero attached hydrogens (tertiary/aromatic N) is 3. The number of nitrogens with one attached hydrogen (secondary N) is 1. The van der Waals surface area contributed by atoms with Crippen molar-refractivity contribution in [2.75, 3.05) is 10.2 Å². The molecular formula is C26H16N4O7S. The number of hydrogen-bond donors (Lipinski definition) is 2. The van der Waals surface area contributed by atoms with E-state index in [0.717, 1.165) is 21.9 Å². The fourth-order valence-corrected chi connectivity index (χ4v) is 5.14. The predicted molar refractivity (Wildman–Crippen MR) is 140 cm³/mol. The first-order valence-electron chi connectivity index (χ1n) is 11.0. The number of carbonyl (C=O) groups excluding carboxylic acids is 1. The summed E-state index contributed by atoms with van der Waals surface area (Å²) < 4.78 is 0. The van der Waals surface area contributed by atoms with Crippen molar-refractivity contribution in [1.29, 1.82) is 0 Å². The van der Waals surface area contributed by atoms with E-state index in [1.807, 2.05) is 24.3 Å². The highest BCUT2D eigenvalue weighted by atomic mass is 32.2. The molecule has 1 amide bonds. The number of hydrogen-bond acceptors (Lipinski definition) is 8. The second kappa shape index (κ2) is 9.67. The first-order chi connectivity index (χ1) is 18.2.